The zero-order chi connectivity index (χ0) is 15.1. The molecule has 0 aliphatic rings. The van der Waals surface area contributed by atoms with Gasteiger partial charge in [0, 0.05) is 10.6 Å². The molecule has 0 fully saturated rings. The Morgan fingerprint density at radius 1 is 1.10 bits per heavy atom. The summed E-state index contributed by atoms with van der Waals surface area (Å²) in [7, 11) is 1.68. The standard InChI is InChI=1S/C17H20ClNO2/c1-3-19-16(15-6-4-5-7-17(15)20-2)12-21-14-10-8-13(18)9-11-14/h4-11,16,19H,3,12H2,1-2H3. The van der Waals surface area contributed by atoms with Crippen LogP contribution in [0.4, 0.5) is 0 Å². The van der Waals surface area contributed by atoms with Crippen LogP contribution in [0.1, 0.15) is 18.5 Å². The lowest BCUT2D eigenvalue weighted by Crippen LogP contribution is -2.27. The van der Waals surface area contributed by atoms with Crippen LogP contribution < -0.4 is 14.8 Å². The molecular formula is C17H20ClNO2. The molecule has 0 radical (unpaired) electrons. The van der Waals surface area contributed by atoms with Crippen molar-refractivity contribution in [2.45, 2.75) is 13.0 Å². The second kappa shape index (κ2) is 7.91. The minimum absolute atomic E-state index is 0.0711. The summed E-state index contributed by atoms with van der Waals surface area (Å²) in [6.45, 7) is 3.45. The van der Waals surface area contributed by atoms with E-state index in [9.17, 15) is 0 Å². The predicted octanol–water partition coefficient (Wildman–Crippen LogP) is 4.08. The number of rotatable bonds is 7. The summed E-state index contributed by atoms with van der Waals surface area (Å²) in [6, 6.07) is 15.4. The number of likely N-dealkylation sites (N-methyl/N-ethyl adjacent to an activating group) is 1. The zero-order valence-electron chi connectivity index (χ0n) is 12.3. The summed E-state index contributed by atoms with van der Waals surface area (Å²) < 4.78 is 11.3. The highest BCUT2D eigenvalue weighted by molar-refractivity contribution is 6.30. The Bertz CT molecular complexity index is 557. The van der Waals surface area contributed by atoms with Gasteiger partial charge in [0.15, 0.2) is 0 Å². The van der Waals surface area contributed by atoms with Gasteiger partial charge in [-0.1, -0.05) is 36.7 Å². The van der Waals surface area contributed by atoms with E-state index in [1.807, 2.05) is 42.5 Å². The van der Waals surface area contributed by atoms with Crippen molar-refractivity contribution in [3.8, 4) is 11.5 Å². The first-order chi connectivity index (χ1) is 10.2. The monoisotopic (exact) mass is 305 g/mol. The lowest BCUT2D eigenvalue weighted by molar-refractivity contribution is 0.264. The minimum atomic E-state index is 0.0711. The molecule has 3 nitrogen and oxygen atoms in total. The minimum Gasteiger partial charge on any atom is -0.496 e. The molecule has 0 saturated heterocycles. The molecule has 1 unspecified atom stereocenters. The van der Waals surface area contributed by atoms with Gasteiger partial charge >= 0.3 is 0 Å². The van der Waals surface area contributed by atoms with Crippen LogP contribution in [0.15, 0.2) is 48.5 Å². The lowest BCUT2D eigenvalue weighted by Gasteiger charge is -2.21. The molecule has 2 aromatic carbocycles. The number of nitrogens with one attached hydrogen (secondary N) is 1. The van der Waals surface area contributed by atoms with Crippen LogP contribution in [0.2, 0.25) is 5.02 Å². The molecule has 0 aliphatic carbocycles. The van der Waals surface area contributed by atoms with Crippen LogP contribution in [0.3, 0.4) is 0 Å². The summed E-state index contributed by atoms with van der Waals surface area (Å²) in [4.78, 5) is 0. The van der Waals surface area contributed by atoms with E-state index >= 15 is 0 Å². The van der Waals surface area contributed by atoms with Crippen molar-refractivity contribution in [3.05, 3.63) is 59.1 Å². The topological polar surface area (TPSA) is 30.5 Å². The quantitative estimate of drug-likeness (QED) is 0.836. The maximum Gasteiger partial charge on any atom is 0.123 e. The van der Waals surface area contributed by atoms with Gasteiger partial charge in [-0.2, -0.15) is 0 Å². The summed E-state index contributed by atoms with van der Waals surface area (Å²) in [5.74, 6) is 1.67. The molecule has 0 aromatic heterocycles. The molecular weight excluding hydrogens is 286 g/mol. The molecule has 112 valence electrons. The van der Waals surface area contributed by atoms with Gasteiger partial charge in [0.05, 0.1) is 13.2 Å². The van der Waals surface area contributed by atoms with E-state index < -0.39 is 0 Å². The van der Waals surface area contributed by atoms with E-state index in [0.29, 0.717) is 11.6 Å². The highest BCUT2D eigenvalue weighted by atomic mass is 35.5. The van der Waals surface area contributed by atoms with Gasteiger partial charge < -0.3 is 14.8 Å². The van der Waals surface area contributed by atoms with Crippen LogP contribution in [0.25, 0.3) is 0 Å². The fraction of sp³-hybridized carbons (Fsp3) is 0.294. The van der Waals surface area contributed by atoms with Crippen LogP contribution in [0.5, 0.6) is 11.5 Å². The summed E-state index contributed by atoms with van der Waals surface area (Å²) >= 11 is 5.88. The second-order valence-electron chi connectivity index (χ2n) is 4.62. The summed E-state index contributed by atoms with van der Waals surface area (Å²) in [6.07, 6.45) is 0. The largest absolute Gasteiger partial charge is 0.496 e. The fourth-order valence-corrected chi connectivity index (χ4v) is 2.30. The van der Waals surface area contributed by atoms with Gasteiger partial charge in [-0.3, -0.25) is 0 Å². The number of para-hydroxylation sites is 1. The Kier molecular flexibility index (Phi) is 5.90. The average Bonchev–Trinajstić information content (AvgIpc) is 2.53. The van der Waals surface area contributed by atoms with Gasteiger partial charge in [0.25, 0.3) is 0 Å². The van der Waals surface area contributed by atoms with Gasteiger partial charge in [-0.25, -0.2) is 0 Å². The Hall–Kier alpha value is -1.71. The van der Waals surface area contributed by atoms with Gasteiger partial charge in [0.2, 0.25) is 0 Å². The molecule has 1 atom stereocenters. The number of hydrogen-bond acceptors (Lipinski definition) is 3. The molecule has 4 heteroatoms. The molecule has 0 aliphatic heterocycles. The third-order valence-electron chi connectivity index (χ3n) is 3.20. The summed E-state index contributed by atoms with van der Waals surface area (Å²) in [5, 5.41) is 4.13. The highest BCUT2D eigenvalue weighted by Gasteiger charge is 2.15. The van der Waals surface area contributed by atoms with Crippen molar-refractivity contribution in [3.63, 3.8) is 0 Å². The molecule has 2 aromatic rings. The van der Waals surface area contributed by atoms with Crippen molar-refractivity contribution in [2.24, 2.45) is 0 Å². The SMILES string of the molecule is CCNC(COc1ccc(Cl)cc1)c1ccccc1OC. The second-order valence-corrected chi connectivity index (χ2v) is 5.05. The first-order valence-corrected chi connectivity index (χ1v) is 7.37. The lowest BCUT2D eigenvalue weighted by atomic mass is 10.1. The van der Waals surface area contributed by atoms with E-state index in [4.69, 9.17) is 21.1 Å². The Morgan fingerprint density at radius 3 is 2.48 bits per heavy atom. The fourth-order valence-electron chi connectivity index (χ4n) is 2.17. The van der Waals surface area contributed by atoms with Gasteiger partial charge in [0.1, 0.15) is 18.1 Å². The third kappa shape index (κ3) is 4.38. The first kappa shape index (κ1) is 15.7. The highest BCUT2D eigenvalue weighted by Crippen LogP contribution is 2.26. The molecule has 0 spiro atoms. The van der Waals surface area contributed by atoms with E-state index in [2.05, 4.69) is 18.3 Å². The van der Waals surface area contributed by atoms with E-state index in [1.165, 1.54) is 0 Å². The molecule has 2 rings (SSSR count). The predicted molar refractivity (Wildman–Crippen MR) is 86.4 cm³/mol. The van der Waals surface area contributed by atoms with Crippen molar-refractivity contribution in [1.82, 2.24) is 5.32 Å². The van der Waals surface area contributed by atoms with Crippen LogP contribution >= 0.6 is 11.6 Å². The molecule has 21 heavy (non-hydrogen) atoms. The van der Waals surface area contributed by atoms with Crippen LogP contribution in [-0.2, 0) is 0 Å². The van der Waals surface area contributed by atoms with Crippen LogP contribution in [0, 0.1) is 0 Å². The average molecular weight is 306 g/mol. The molecule has 0 saturated carbocycles. The van der Waals surface area contributed by atoms with Gasteiger partial charge in [-0.15, -0.1) is 0 Å². The third-order valence-corrected chi connectivity index (χ3v) is 3.45. The van der Waals surface area contributed by atoms with E-state index in [-0.39, 0.29) is 6.04 Å². The number of methoxy groups -OCH3 is 1. The number of hydrogen-bond donors (Lipinski definition) is 1. The Labute approximate surface area is 130 Å². The number of benzene rings is 2. The number of ether oxygens (including phenoxy) is 2. The maximum absolute atomic E-state index is 5.88. The maximum atomic E-state index is 5.88. The Balaban J connectivity index is 2.10. The molecule has 0 heterocycles. The smallest absolute Gasteiger partial charge is 0.123 e. The summed E-state index contributed by atoms with van der Waals surface area (Å²) in [5.41, 5.74) is 1.09. The van der Waals surface area contributed by atoms with Crippen molar-refractivity contribution < 1.29 is 9.47 Å². The van der Waals surface area contributed by atoms with Crippen molar-refractivity contribution >= 4 is 11.6 Å². The zero-order valence-corrected chi connectivity index (χ0v) is 13.1. The van der Waals surface area contributed by atoms with Crippen molar-refractivity contribution in [2.75, 3.05) is 20.3 Å². The van der Waals surface area contributed by atoms with Gasteiger partial charge in [-0.05, 0) is 36.9 Å². The number of halogens is 1. The molecule has 0 amide bonds. The molecule has 1 N–H and O–H groups in total. The van der Waals surface area contributed by atoms with E-state index in [1.54, 1.807) is 7.11 Å². The van der Waals surface area contributed by atoms with Crippen molar-refractivity contribution in [1.29, 1.82) is 0 Å². The normalized spacial score (nSPS) is 12.0. The Morgan fingerprint density at radius 2 is 1.81 bits per heavy atom. The first-order valence-electron chi connectivity index (χ1n) is 6.99. The van der Waals surface area contributed by atoms with E-state index in [0.717, 1.165) is 23.6 Å². The van der Waals surface area contributed by atoms with Crippen LogP contribution in [-0.4, -0.2) is 20.3 Å². The molecule has 0 bridgehead atoms.